The Kier molecular flexibility index (Phi) is 7.11. The molecular weight excluding hydrogens is 308 g/mol. The molecule has 1 amide bonds. The number of benzene rings is 2. The molecule has 0 atom stereocenters. The highest BCUT2D eigenvalue weighted by molar-refractivity contribution is 6.30. The second-order valence-electron chi connectivity index (χ2n) is 5.64. The van der Waals surface area contributed by atoms with Crippen molar-refractivity contribution in [1.82, 2.24) is 10.6 Å². The fourth-order valence-corrected chi connectivity index (χ4v) is 2.48. The number of carbonyl (C=O) groups excluding carboxylic acids is 1. The molecule has 3 nitrogen and oxygen atoms in total. The van der Waals surface area contributed by atoms with Gasteiger partial charge < -0.3 is 10.6 Å². The Labute approximate surface area is 143 Å². The number of nitrogens with one attached hydrogen (secondary N) is 2. The summed E-state index contributed by atoms with van der Waals surface area (Å²) in [4.78, 5) is 11.8. The lowest BCUT2D eigenvalue weighted by atomic mass is 10.1. The Bertz CT molecular complexity index is 626. The highest BCUT2D eigenvalue weighted by atomic mass is 35.5. The van der Waals surface area contributed by atoms with Gasteiger partial charge in [0.2, 0.25) is 5.91 Å². The standard InChI is InChI=1S/C19H23ClN2O/c1-15-5-7-17(8-6-15)14-21-11-10-19(23)22-12-9-16-3-2-4-18(20)13-16/h2-8,13,21H,9-12,14H2,1H3,(H,22,23). The van der Waals surface area contributed by atoms with E-state index in [1.54, 1.807) is 0 Å². The molecule has 4 heteroatoms. The van der Waals surface area contributed by atoms with Gasteiger partial charge in [-0.1, -0.05) is 53.6 Å². The summed E-state index contributed by atoms with van der Waals surface area (Å²) < 4.78 is 0. The fraction of sp³-hybridized carbons (Fsp3) is 0.316. The first-order chi connectivity index (χ1) is 11.1. The first-order valence-electron chi connectivity index (χ1n) is 7.91. The Morgan fingerprint density at radius 3 is 2.57 bits per heavy atom. The van der Waals surface area contributed by atoms with Crippen molar-refractivity contribution in [3.63, 3.8) is 0 Å². The number of rotatable bonds is 8. The largest absolute Gasteiger partial charge is 0.356 e. The summed E-state index contributed by atoms with van der Waals surface area (Å²) in [6.45, 7) is 4.18. The summed E-state index contributed by atoms with van der Waals surface area (Å²) in [5.41, 5.74) is 3.63. The van der Waals surface area contributed by atoms with Crippen LogP contribution in [0.3, 0.4) is 0 Å². The molecule has 0 fully saturated rings. The molecule has 23 heavy (non-hydrogen) atoms. The molecule has 2 aromatic rings. The molecular formula is C19H23ClN2O. The predicted octanol–water partition coefficient (Wildman–Crippen LogP) is 3.49. The number of halogens is 1. The lowest BCUT2D eigenvalue weighted by Crippen LogP contribution is -2.29. The molecule has 0 saturated carbocycles. The molecule has 0 spiro atoms. The number of carbonyl (C=O) groups is 1. The molecule has 0 aliphatic carbocycles. The third kappa shape index (κ3) is 6.85. The molecule has 0 aromatic heterocycles. The Morgan fingerprint density at radius 2 is 1.83 bits per heavy atom. The summed E-state index contributed by atoms with van der Waals surface area (Å²) in [6.07, 6.45) is 1.28. The molecule has 0 unspecified atom stereocenters. The maximum Gasteiger partial charge on any atom is 0.221 e. The first-order valence-corrected chi connectivity index (χ1v) is 8.29. The molecule has 2 rings (SSSR count). The molecule has 0 heterocycles. The highest BCUT2D eigenvalue weighted by Gasteiger charge is 2.01. The monoisotopic (exact) mass is 330 g/mol. The quantitative estimate of drug-likeness (QED) is 0.727. The highest BCUT2D eigenvalue weighted by Crippen LogP contribution is 2.10. The topological polar surface area (TPSA) is 41.1 Å². The van der Waals surface area contributed by atoms with E-state index in [4.69, 9.17) is 11.6 Å². The average molecular weight is 331 g/mol. The molecule has 2 N–H and O–H groups in total. The minimum Gasteiger partial charge on any atom is -0.356 e. The smallest absolute Gasteiger partial charge is 0.221 e. The summed E-state index contributed by atoms with van der Waals surface area (Å²) in [5, 5.41) is 6.95. The van der Waals surface area contributed by atoms with Gasteiger partial charge in [-0.3, -0.25) is 4.79 Å². The number of hydrogen-bond donors (Lipinski definition) is 2. The second-order valence-corrected chi connectivity index (χ2v) is 6.08. The fourth-order valence-electron chi connectivity index (χ4n) is 2.27. The van der Waals surface area contributed by atoms with Crippen LogP contribution in [0, 0.1) is 6.92 Å². The zero-order chi connectivity index (χ0) is 16.5. The van der Waals surface area contributed by atoms with E-state index < -0.39 is 0 Å². The van der Waals surface area contributed by atoms with Crippen LogP contribution in [0.25, 0.3) is 0 Å². The van der Waals surface area contributed by atoms with Crippen molar-refractivity contribution >= 4 is 17.5 Å². The molecule has 0 bridgehead atoms. The van der Waals surface area contributed by atoms with E-state index in [0.717, 1.165) is 23.6 Å². The van der Waals surface area contributed by atoms with Gasteiger partial charge in [0.05, 0.1) is 0 Å². The van der Waals surface area contributed by atoms with Gasteiger partial charge in [-0.2, -0.15) is 0 Å². The van der Waals surface area contributed by atoms with E-state index >= 15 is 0 Å². The first kappa shape index (κ1) is 17.5. The van der Waals surface area contributed by atoms with Crippen LogP contribution in [0.5, 0.6) is 0 Å². The third-order valence-electron chi connectivity index (χ3n) is 3.60. The number of hydrogen-bond acceptors (Lipinski definition) is 2. The van der Waals surface area contributed by atoms with Gasteiger partial charge in [-0.25, -0.2) is 0 Å². The van der Waals surface area contributed by atoms with Crippen LogP contribution < -0.4 is 10.6 Å². The molecule has 0 aliphatic rings. The Hall–Kier alpha value is -1.84. The predicted molar refractivity (Wildman–Crippen MR) is 95.7 cm³/mol. The zero-order valence-electron chi connectivity index (χ0n) is 13.4. The van der Waals surface area contributed by atoms with E-state index in [-0.39, 0.29) is 5.91 Å². The van der Waals surface area contributed by atoms with Crippen LogP contribution in [-0.4, -0.2) is 19.0 Å². The lowest BCUT2D eigenvalue weighted by molar-refractivity contribution is -0.120. The Morgan fingerprint density at radius 1 is 1.04 bits per heavy atom. The van der Waals surface area contributed by atoms with Crippen LogP contribution in [0.15, 0.2) is 48.5 Å². The molecule has 0 radical (unpaired) electrons. The summed E-state index contributed by atoms with van der Waals surface area (Å²) in [6, 6.07) is 16.1. The summed E-state index contributed by atoms with van der Waals surface area (Å²) in [5.74, 6) is 0.0726. The minimum atomic E-state index is 0.0726. The van der Waals surface area contributed by atoms with Gasteiger partial charge in [0.1, 0.15) is 0 Å². The van der Waals surface area contributed by atoms with Crippen molar-refractivity contribution in [3.05, 3.63) is 70.2 Å². The van der Waals surface area contributed by atoms with Crippen LogP contribution in [0.4, 0.5) is 0 Å². The zero-order valence-corrected chi connectivity index (χ0v) is 14.2. The normalized spacial score (nSPS) is 10.5. The van der Waals surface area contributed by atoms with Gasteiger partial charge in [-0.05, 0) is 36.6 Å². The van der Waals surface area contributed by atoms with Gasteiger partial charge in [0, 0.05) is 31.1 Å². The van der Waals surface area contributed by atoms with Gasteiger partial charge >= 0.3 is 0 Å². The third-order valence-corrected chi connectivity index (χ3v) is 3.84. The lowest BCUT2D eigenvalue weighted by Gasteiger charge is -2.07. The van der Waals surface area contributed by atoms with Crippen LogP contribution in [-0.2, 0) is 17.8 Å². The van der Waals surface area contributed by atoms with Crippen molar-refractivity contribution in [1.29, 1.82) is 0 Å². The van der Waals surface area contributed by atoms with Crippen molar-refractivity contribution in [2.75, 3.05) is 13.1 Å². The molecule has 0 saturated heterocycles. The summed E-state index contributed by atoms with van der Waals surface area (Å²) >= 11 is 5.93. The van der Waals surface area contributed by atoms with Crippen LogP contribution in [0.2, 0.25) is 5.02 Å². The molecule has 2 aromatic carbocycles. The van der Waals surface area contributed by atoms with Gasteiger partial charge in [0.25, 0.3) is 0 Å². The minimum absolute atomic E-state index is 0.0726. The van der Waals surface area contributed by atoms with E-state index in [1.165, 1.54) is 11.1 Å². The van der Waals surface area contributed by atoms with Crippen LogP contribution in [0.1, 0.15) is 23.1 Å². The van der Waals surface area contributed by atoms with Crippen LogP contribution >= 0.6 is 11.6 Å². The van der Waals surface area contributed by atoms with Crippen molar-refractivity contribution in [3.8, 4) is 0 Å². The number of aryl methyl sites for hydroxylation is 1. The van der Waals surface area contributed by atoms with E-state index in [0.29, 0.717) is 19.5 Å². The van der Waals surface area contributed by atoms with E-state index in [1.807, 2.05) is 24.3 Å². The Balaban J connectivity index is 1.57. The van der Waals surface area contributed by atoms with Gasteiger partial charge in [-0.15, -0.1) is 0 Å². The molecule has 0 aliphatic heterocycles. The summed E-state index contributed by atoms with van der Waals surface area (Å²) in [7, 11) is 0. The molecule has 122 valence electrons. The second kappa shape index (κ2) is 9.33. The van der Waals surface area contributed by atoms with E-state index in [2.05, 4.69) is 41.8 Å². The van der Waals surface area contributed by atoms with E-state index in [9.17, 15) is 4.79 Å². The van der Waals surface area contributed by atoms with Gasteiger partial charge in [0.15, 0.2) is 0 Å². The average Bonchev–Trinajstić information content (AvgIpc) is 2.53. The SMILES string of the molecule is Cc1ccc(CNCCC(=O)NCCc2cccc(Cl)c2)cc1. The maximum absolute atomic E-state index is 11.8. The van der Waals surface area contributed by atoms with Crippen molar-refractivity contribution in [2.24, 2.45) is 0 Å². The maximum atomic E-state index is 11.8. The number of amides is 1. The van der Waals surface area contributed by atoms with Crippen molar-refractivity contribution in [2.45, 2.75) is 26.3 Å². The van der Waals surface area contributed by atoms with Crippen molar-refractivity contribution < 1.29 is 4.79 Å².